The Morgan fingerprint density at radius 3 is 2.47 bits per heavy atom. The van der Waals surface area contributed by atoms with Gasteiger partial charge in [-0.15, -0.1) is 11.3 Å². The van der Waals surface area contributed by atoms with Crippen molar-refractivity contribution in [2.75, 3.05) is 7.11 Å². The summed E-state index contributed by atoms with van der Waals surface area (Å²) >= 11 is 7.61. The first-order valence-corrected chi connectivity index (χ1v) is 11.2. The van der Waals surface area contributed by atoms with Gasteiger partial charge in [0.05, 0.1) is 35.8 Å². The van der Waals surface area contributed by atoms with E-state index in [4.69, 9.17) is 26.3 Å². The highest BCUT2D eigenvalue weighted by Crippen LogP contribution is 2.26. The van der Waals surface area contributed by atoms with E-state index in [0.29, 0.717) is 28.2 Å². The van der Waals surface area contributed by atoms with Crippen LogP contribution in [0, 0.1) is 0 Å². The molecule has 0 radical (unpaired) electrons. The number of hydrogen-bond donors (Lipinski definition) is 0. The van der Waals surface area contributed by atoms with Gasteiger partial charge in [0.25, 0.3) is 5.56 Å². The third kappa shape index (κ3) is 3.90. The minimum absolute atomic E-state index is 0.111. The smallest absolute Gasteiger partial charge is 0.265 e. The summed E-state index contributed by atoms with van der Waals surface area (Å²) in [6, 6.07) is 22.4. The van der Waals surface area contributed by atoms with Crippen LogP contribution in [0.5, 0.6) is 5.75 Å². The monoisotopic (exact) mass is 459 g/mol. The molecule has 0 saturated carbocycles. The normalized spacial score (nSPS) is 11.1. The second kappa shape index (κ2) is 8.57. The molecule has 32 heavy (non-hydrogen) atoms. The molecule has 0 aliphatic carbocycles. The number of benzene rings is 3. The van der Waals surface area contributed by atoms with Crippen LogP contribution in [0.2, 0.25) is 5.02 Å². The van der Waals surface area contributed by atoms with E-state index in [1.807, 2.05) is 60.0 Å². The number of aromatic nitrogens is 3. The second-order valence-electron chi connectivity index (χ2n) is 7.19. The number of nitrogens with zero attached hydrogens (tertiary/aromatic N) is 3. The molecule has 5 nitrogen and oxygen atoms in total. The first kappa shape index (κ1) is 20.4. The largest absolute Gasteiger partial charge is 0.497 e. The van der Waals surface area contributed by atoms with Crippen molar-refractivity contribution in [3.05, 3.63) is 104 Å². The SMILES string of the molecule is COc1ccc(-c2csc(Cc3nc4ccccc4c(=O)n3-c3ccc(Cl)cc3)n2)cc1. The molecule has 2 heterocycles. The predicted molar refractivity (Wildman–Crippen MR) is 129 cm³/mol. The van der Waals surface area contributed by atoms with Crippen molar-refractivity contribution in [3.8, 4) is 22.7 Å². The molecule has 0 saturated heterocycles. The Hall–Kier alpha value is -3.48. The summed E-state index contributed by atoms with van der Waals surface area (Å²) in [4.78, 5) is 23.0. The Morgan fingerprint density at radius 2 is 1.72 bits per heavy atom. The van der Waals surface area contributed by atoms with Crippen LogP contribution in [-0.4, -0.2) is 21.6 Å². The van der Waals surface area contributed by atoms with Gasteiger partial charge < -0.3 is 4.74 Å². The van der Waals surface area contributed by atoms with E-state index >= 15 is 0 Å². The fourth-order valence-electron chi connectivity index (χ4n) is 3.58. The van der Waals surface area contributed by atoms with E-state index in [-0.39, 0.29) is 5.56 Å². The van der Waals surface area contributed by atoms with Gasteiger partial charge in [-0.1, -0.05) is 23.7 Å². The van der Waals surface area contributed by atoms with Gasteiger partial charge in [-0.05, 0) is 60.7 Å². The zero-order valence-electron chi connectivity index (χ0n) is 17.2. The predicted octanol–water partition coefficient (Wildman–Crippen LogP) is 5.76. The molecule has 5 aromatic rings. The van der Waals surface area contributed by atoms with Crippen molar-refractivity contribution in [2.45, 2.75) is 6.42 Å². The maximum absolute atomic E-state index is 13.4. The fraction of sp³-hybridized carbons (Fsp3) is 0.0800. The lowest BCUT2D eigenvalue weighted by Gasteiger charge is -2.13. The zero-order valence-corrected chi connectivity index (χ0v) is 18.7. The fourth-order valence-corrected chi connectivity index (χ4v) is 4.50. The Labute approximate surface area is 193 Å². The van der Waals surface area contributed by atoms with Gasteiger partial charge in [-0.3, -0.25) is 9.36 Å². The molecule has 0 amide bonds. The highest BCUT2D eigenvalue weighted by molar-refractivity contribution is 7.10. The van der Waals surface area contributed by atoms with Crippen molar-refractivity contribution in [2.24, 2.45) is 0 Å². The molecule has 2 aromatic heterocycles. The topological polar surface area (TPSA) is 57.0 Å². The lowest BCUT2D eigenvalue weighted by molar-refractivity contribution is 0.415. The zero-order chi connectivity index (χ0) is 22.1. The maximum Gasteiger partial charge on any atom is 0.265 e. The van der Waals surface area contributed by atoms with Crippen LogP contribution in [0.4, 0.5) is 0 Å². The summed E-state index contributed by atoms with van der Waals surface area (Å²) in [7, 11) is 1.65. The molecule has 3 aromatic carbocycles. The second-order valence-corrected chi connectivity index (χ2v) is 8.57. The van der Waals surface area contributed by atoms with Gasteiger partial charge in [0, 0.05) is 16.0 Å². The van der Waals surface area contributed by atoms with Gasteiger partial charge in [0.15, 0.2) is 0 Å². The summed E-state index contributed by atoms with van der Waals surface area (Å²) in [5, 5.41) is 4.08. The van der Waals surface area contributed by atoms with Crippen LogP contribution < -0.4 is 10.3 Å². The standard InChI is InChI=1S/C25H18ClN3O2S/c1-31-19-12-6-16(7-13-19)22-15-32-24(28-22)14-23-27-21-5-3-2-4-20(21)25(30)29(23)18-10-8-17(26)9-11-18/h2-13,15H,14H2,1H3. The number of methoxy groups -OCH3 is 1. The Kier molecular flexibility index (Phi) is 5.47. The molecular formula is C25H18ClN3O2S. The average molecular weight is 460 g/mol. The van der Waals surface area contributed by atoms with Crippen LogP contribution in [0.25, 0.3) is 27.8 Å². The molecule has 0 spiro atoms. The lowest BCUT2D eigenvalue weighted by atomic mass is 10.2. The number of hydrogen-bond acceptors (Lipinski definition) is 5. The number of halogens is 1. The Balaban J connectivity index is 1.58. The van der Waals surface area contributed by atoms with E-state index in [0.717, 1.165) is 27.7 Å². The minimum Gasteiger partial charge on any atom is -0.497 e. The Morgan fingerprint density at radius 1 is 0.969 bits per heavy atom. The molecule has 0 bridgehead atoms. The number of thiazole rings is 1. The van der Waals surface area contributed by atoms with Crippen LogP contribution in [0.15, 0.2) is 83.0 Å². The molecular weight excluding hydrogens is 442 g/mol. The van der Waals surface area contributed by atoms with Crippen LogP contribution in [-0.2, 0) is 6.42 Å². The van der Waals surface area contributed by atoms with Crippen molar-refractivity contribution in [1.82, 2.24) is 14.5 Å². The number of ether oxygens (including phenoxy) is 1. The molecule has 158 valence electrons. The van der Waals surface area contributed by atoms with Gasteiger partial charge in [0.1, 0.15) is 16.6 Å². The quantitative estimate of drug-likeness (QED) is 0.335. The minimum atomic E-state index is -0.111. The lowest BCUT2D eigenvalue weighted by Crippen LogP contribution is -2.24. The summed E-state index contributed by atoms with van der Waals surface area (Å²) < 4.78 is 6.88. The summed E-state index contributed by atoms with van der Waals surface area (Å²) in [5.41, 5.74) is 3.17. The summed E-state index contributed by atoms with van der Waals surface area (Å²) in [6.07, 6.45) is 0.434. The molecule has 0 atom stereocenters. The number of fused-ring (bicyclic) bond motifs is 1. The first-order chi connectivity index (χ1) is 15.6. The molecule has 5 rings (SSSR count). The van der Waals surface area contributed by atoms with Crippen molar-refractivity contribution >= 4 is 33.8 Å². The van der Waals surface area contributed by atoms with E-state index in [9.17, 15) is 4.79 Å². The van der Waals surface area contributed by atoms with E-state index in [1.54, 1.807) is 41.2 Å². The molecule has 0 unspecified atom stereocenters. The van der Waals surface area contributed by atoms with E-state index in [2.05, 4.69) is 0 Å². The van der Waals surface area contributed by atoms with Gasteiger partial charge >= 0.3 is 0 Å². The van der Waals surface area contributed by atoms with Gasteiger partial charge in [0.2, 0.25) is 0 Å². The molecule has 7 heteroatoms. The summed E-state index contributed by atoms with van der Waals surface area (Å²) in [5.74, 6) is 1.43. The van der Waals surface area contributed by atoms with Crippen molar-refractivity contribution in [3.63, 3.8) is 0 Å². The van der Waals surface area contributed by atoms with Crippen LogP contribution in [0.1, 0.15) is 10.8 Å². The summed E-state index contributed by atoms with van der Waals surface area (Å²) in [6.45, 7) is 0. The number of para-hydroxylation sites is 1. The highest BCUT2D eigenvalue weighted by Gasteiger charge is 2.15. The maximum atomic E-state index is 13.4. The van der Waals surface area contributed by atoms with E-state index < -0.39 is 0 Å². The first-order valence-electron chi connectivity index (χ1n) is 9.98. The average Bonchev–Trinajstić information content (AvgIpc) is 3.29. The van der Waals surface area contributed by atoms with Crippen LogP contribution in [0.3, 0.4) is 0 Å². The highest BCUT2D eigenvalue weighted by atomic mass is 35.5. The molecule has 0 aliphatic heterocycles. The Bertz CT molecular complexity index is 1460. The molecule has 0 N–H and O–H groups in total. The van der Waals surface area contributed by atoms with Crippen LogP contribution >= 0.6 is 22.9 Å². The van der Waals surface area contributed by atoms with E-state index in [1.165, 1.54) is 0 Å². The van der Waals surface area contributed by atoms with Gasteiger partial charge in [-0.25, -0.2) is 9.97 Å². The van der Waals surface area contributed by atoms with Crippen molar-refractivity contribution in [1.29, 1.82) is 0 Å². The third-order valence-corrected chi connectivity index (χ3v) is 6.28. The molecule has 0 aliphatic rings. The molecule has 0 fully saturated rings. The number of rotatable bonds is 5. The van der Waals surface area contributed by atoms with Gasteiger partial charge in [-0.2, -0.15) is 0 Å². The third-order valence-electron chi connectivity index (χ3n) is 5.18. The van der Waals surface area contributed by atoms with Crippen molar-refractivity contribution < 1.29 is 4.74 Å².